The SMILES string of the molecule is Clc1ccccc1[C@@H]1Nc2c(-c3ccccc3)cccc2[C@H]2C=CC[C@H]21. The lowest BCUT2D eigenvalue weighted by molar-refractivity contribution is 0.426. The third-order valence-electron chi connectivity index (χ3n) is 5.72. The van der Waals surface area contributed by atoms with Gasteiger partial charge in [-0.2, -0.15) is 0 Å². The highest BCUT2D eigenvalue weighted by molar-refractivity contribution is 6.31. The Morgan fingerprint density at radius 3 is 2.42 bits per heavy atom. The number of para-hydroxylation sites is 1. The van der Waals surface area contributed by atoms with Crippen molar-refractivity contribution in [3.63, 3.8) is 0 Å². The molecule has 0 saturated carbocycles. The van der Waals surface area contributed by atoms with E-state index in [1.165, 1.54) is 27.9 Å². The topological polar surface area (TPSA) is 12.0 Å². The maximum atomic E-state index is 6.57. The van der Waals surface area contributed by atoms with Crippen LogP contribution in [0.5, 0.6) is 0 Å². The molecule has 1 nitrogen and oxygen atoms in total. The van der Waals surface area contributed by atoms with Crippen LogP contribution in [0.4, 0.5) is 5.69 Å². The first-order chi connectivity index (χ1) is 12.8. The molecule has 3 atom stereocenters. The summed E-state index contributed by atoms with van der Waals surface area (Å²) in [6.07, 6.45) is 5.79. The van der Waals surface area contributed by atoms with E-state index in [1.807, 2.05) is 12.1 Å². The Kier molecular flexibility index (Phi) is 3.83. The predicted molar refractivity (Wildman–Crippen MR) is 110 cm³/mol. The van der Waals surface area contributed by atoms with Gasteiger partial charge >= 0.3 is 0 Å². The molecular formula is C24H20ClN. The number of anilines is 1. The molecule has 0 bridgehead atoms. The first kappa shape index (κ1) is 15.7. The van der Waals surface area contributed by atoms with Gasteiger partial charge in [-0.15, -0.1) is 0 Å². The van der Waals surface area contributed by atoms with Crippen molar-refractivity contribution in [1.29, 1.82) is 0 Å². The van der Waals surface area contributed by atoms with Gasteiger partial charge in [0, 0.05) is 22.2 Å². The van der Waals surface area contributed by atoms with E-state index in [2.05, 4.69) is 78.1 Å². The second-order valence-corrected chi connectivity index (χ2v) is 7.54. The minimum atomic E-state index is 0.223. The monoisotopic (exact) mass is 357 g/mol. The van der Waals surface area contributed by atoms with E-state index in [9.17, 15) is 0 Å². The number of benzene rings is 3. The number of hydrogen-bond acceptors (Lipinski definition) is 1. The molecule has 3 aromatic rings. The molecule has 2 heteroatoms. The average Bonchev–Trinajstić information content (AvgIpc) is 3.18. The minimum absolute atomic E-state index is 0.223. The van der Waals surface area contributed by atoms with Crippen LogP contribution >= 0.6 is 11.6 Å². The van der Waals surface area contributed by atoms with E-state index in [4.69, 9.17) is 11.6 Å². The van der Waals surface area contributed by atoms with Crippen LogP contribution in [0.15, 0.2) is 84.9 Å². The summed E-state index contributed by atoms with van der Waals surface area (Å²) >= 11 is 6.57. The van der Waals surface area contributed by atoms with Gasteiger partial charge in [-0.25, -0.2) is 0 Å². The third kappa shape index (κ3) is 2.47. The molecule has 128 valence electrons. The van der Waals surface area contributed by atoms with E-state index in [1.54, 1.807) is 0 Å². The quantitative estimate of drug-likeness (QED) is 0.495. The van der Waals surface area contributed by atoms with Gasteiger partial charge < -0.3 is 5.32 Å². The summed E-state index contributed by atoms with van der Waals surface area (Å²) in [6.45, 7) is 0. The Balaban J connectivity index is 1.68. The van der Waals surface area contributed by atoms with Crippen LogP contribution in [0.25, 0.3) is 11.1 Å². The van der Waals surface area contributed by atoms with Gasteiger partial charge in [-0.3, -0.25) is 0 Å². The molecule has 1 heterocycles. The molecule has 0 radical (unpaired) electrons. The zero-order valence-corrected chi connectivity index (χ0v) is 15.2. The van der Waals surface area contributed by atoms with Crippen LogP contribution in [-0.2, 0) is 0 Å². The Morgan fingerprint density at radius 1 is 0.808 bits per heavy atom. The fraction of sp³-hybridized carbons (Fsp3) is 0.167. The van der Waals surface area contributed by atoms with Crippen molar-refractivity contribution in [2.45, 2.75) is 18.4 Å². The molecule has 0 unspecified atom stereocenters. The van der Waals surface area contributed by atoms with Crippen LogP contribution in [0.1, 0.15) is 29.5 Å². The van der Waals surface area contributed by atoms with Gasteiger partial charge in [0.25, 0.3) is 0 Å². The predicted octanol–water partition coefficient (Wildman–Crippen LogP) is 6.83. The molecule has 0 amide bonds. The smallest absolute Gasteiger partial charge is 0.0568 e. The molecule has 26 heavy (non-hydrogen) atoms. The first-order valence-corrected chi connectivity index (χ1v) is 9.56. The standard InChI is InChI=1S/C24H20ClN/c25-22-15-5-4-10-21(22)24-20-14-7-12-18(20)19-13-6-11-17(23(19)26-24)16-8-2-1-3-9-16/h1-13,15,18,20,24,26H,14H2/t18-,20-,24-/m1/s1. The second-order valence-electron chi connectivity index (χ2n) is 7.13. The zero-order chi connectivity index (χ0) is 17.5. The van der Waals surface area contributed by atoms with Crippen molar-refractivity contribution in [3.05, 3.63) is 101 Å². The van der Waals surface area contributed by atoms with Gasteiger partial charge in [0.05, 0.1) is 6.04 Å². The molecule has 0 fully saturated rings. The fourth-order valence-electron chi connectivity index (χ4n) is 4.51. The van der Waals surface area contributed by atoms with Crippen molar-refractivity contribution in [2.75, 3.05) is 5.32 Å². The summed E-state index contributed by atoms with van der Waals surface area (Å²) in [5.41, 5.74) is 6.35. The lowest BCUT2D eigenvalue weighted by Crippen LogP contribution is -2.29. The van der Waals surface area contributed by atoms with E-state index in [0.717, 1.165) is 11.4 Å². The normalized spacial score (nSPS) is 23.2. The van der Waals surface area contributed by atoms with Crippen LogP contribution in [-0.4, -0.2) is 0 Å². The van der Waals surface area contributed by atoms with Crippen molar-refractivity contribution in [2.24, 2.45) is 5.92 Å². The first-order valence-electron chi connectivity index (χ1n) is 9.19. The summed E-state index contributed by atoms with van der Waals surface area (Å²) in [7, 11) is 0. The number of nitrogens with one attached hydrogen (secondary N) is 1. The molecule has 0 saturated heterocycles. The van der Waals surface area contributed by atoms with Gasteiger partial charge in [0.1, 0.15) is 0 Å². The van der Waals surface area contributed by atoms with E-state index >= 15 is 0 Å². The number of fused-ring (bicyclic) bond motifs is 3. The molecule has 1 aliphatic carbocycles. The van der Waals surface area contributed by atoms with Crippen molar-refractivity contribution >= 4 is 17.3 Å². The molecule has 2 aliphatic rings. The molecule has 1 N–H and O–H groups in total. The highest BCUT2D eigenvalue weighted by atomic mass is 35.5. The summed E-state index contributed by atoms with van der Waals surface area (Å²) in [4.78, 5) is 0. The fourth-order valence-corrected chi connectivity index (χ4v) is 4.77. The lowest BCUT2D eigenvalue weighted by Gasteiger charge is -2.39. The van der Waals surface area contributed by atoms with Crippen molar-refractivity contribution in [1.82, 2.24) is 0 Å². The molecule has 3 aromatic carbocycles. The third-order valence-corrected chi connectivity index (χ3v) is 6.07. The van der Waals surface area contributed by atoms with Crippen molar-refractivity contribution in [3.8, 4) is 11.1 Å². The molecular weight excluding hydrogens is 338 g/mol. The van der Waals surface area contributed by atoms with Crippen LogP contribution in [0.3, 0.4) is 0 Å². The van der Waals surface area contributed by atoms with Crippen LogP contribution in [0, 0.1) is 5.92 Å². The Hall–Kier alpha value is -2.51. The van der Waals surface area contributed by atoms with Gasteiger partial charge in [0.15, 0.2) is 0 Å². The van der Waals surface area contributed by atoms with Crippen LogP contribution < -0.4 is 5.32 Å². The Bertz CT molecular complexity index is 977. The highest BCUT2D eigenvalue weighted by Crippen LogP contribution is 2.52. The summed E-state index contributed by atoms with van der Waals surface area (Å²) in [5, 5.41) is 4.71. The maximum absolute atomic E-state index is 6.57. The van der Waals surface area contributed by atoms with Gasteiger partial charge in [-0.1, -0.05) is 90.5 Å². The van der Waals surface area contributed by atoms with E-state index in [0.29, 0.717) is 11.8 Å². The molecule has 5 rings (SSSR count). The Labute approximate surface area is 159 Å². The summed E-state index contributed by atoms with van der Waals surface area (Å²) in [6, 6.07) is 25.7. The molecule has 0 aromatic heterocycles. The Morgan fingerprint density at radius 2 is 1.58 bits per heavy atom. The van der Waals surface area contributed by atoms with E-state index < -0.39 is 0 Å². The molecule has 1 aliphatic heterocycles. The maximum Gasteiger partial charge on any atom is 0.0568 e. The number of allylic oxidation sites excluding steroid dienone is 2. The second kappa shape index (κ2) is 6.34. The number of hydrogen-bond donors (Lipinski definition) is 1. The van der Waals surface area contributed by atoms with Gasteiger partial charge in [-0.05, 0) is 35.1 Å². The summed E-state index contributed by atoms with van der Waals surface area (Å²) < 4.78 is 0. The highest BCUT2D eigenvalue weighted by Gasteiger charge is 2.39. The number of rotatable bonds is 2. The van der Waals surface area contributed by atoms with Crippen LogP contribution in [0.2, 0.25) is 5.02 Å². The number of halogens is 1. The summed E-state index contributed by atoms with van der Waals surface area (Å²) in [5.74, 6) is 0.949. The van der Waals surface area contributed by atoms with E-state index in [-0.39, 0.29) is 6.04 Å². The molecule has 0 spiro atoms. The zero-order valence-electron chi connectivity index (χ0n) is 14.4. The minimum Gasteiger partial charge on any atom is -0.377 e. The van der Waals surface area contributed by atoms with Crippen molar-refractivity contribution < 1.29 is 0 Å². The lowest BCUT2D eigenvalue weighted by atomic mass is 9.76. The van der Waals surface area contributed by atoms with Gasteiger partial charge in [0.2, 0.25) is 0 Å². The average molecular weight is 358 g/mol. The largest absolute Gasteiger partial charge is 0.377 e.